The molecule has 0 radical (unpaired) electrons. The quantitative estimate of drug-likeness (QED) is 0.851. The predicted molar refractivity (Wildman–Crippen MR) is 78.6 cm³/mol. The second kappa shape index (κ2) is 6.68. The summed E-state index contributed by atoms with van der Waals surface area (Å²) in [5.74, 6) is 0.0872. The number of aliphatic hydroxyl groups is 2. The Morgan fingerprint density at radius 3 is 2.30 bits per heavy atom. The molecule has 0 fully saturated rings. The van der Waals surface area contributed by atoms with Crippen molar-refractivity contribution in [2.45, 2.75) is 38.9 Å². The molecule has 0 amide bonds. The van der Waals surface area contributed by atoms with Crippen molar-refractivity contribution in [3.05, 3.63) is 48.3 Å². The molecule has 108 valence electrons. The maximum absolute atomic E-state index is 10.4. The van der Waals surface area contributed by atoms with Crippen LogP contribution in [-0.2, 0) is 0 Å². The van der Waals surface area contributed by atoms with Crippen LogP contribution in [-0.4, -0.2) is 26.1 Å². The van der Waals surface area contributed by atoms with Crippen molar-refractivity contribution in [2.75, 3.05) is 0 Å². The van der Waals surface area contributed by atoms with E-state index in [2.05, 4.69) is 5.10 Å². The predicted octanol–water partition coefficient (Wildman–Crippen LogP) is 2.70. The topological polar surface area (TPSA) is 58.3 Å². The average Bonchev–Trinajstić information content (AvgIpc) is 2.98. The van der Waals surface area contributed by atoms with Gasteiger partial charge in [0.05, 0.1) is 17.5 Å². The van der Waals surface area contributed by atoms with Crippen LogP contribution in [0.3, 0.4) is 0 Å². The van der Waals surface area contributed by atoms with Crippen molar-refractivity contribution in [1.29, 1.82) is 0 Å². The number of aromatic nitrogens is 2. The molecule has 2 N–H and O–H groups in total. The first kappa shape index (κ1) is 14.8. The van der Waals surface area contributed by atoms with E-state index in [0.717, 1.165) is 18.5 Å². The van der Waals surface area contributed by atoms with Gasteiger partial charge in [-0.2, -0.15) is 5.10 Å². The summed E-state index contributed by atoms with van der Waals surface area (Å²) in [4.78, 5) is 0. The molecular weight excluding hydrogens is 252 g/mol. The molecule has 2 aromatic rings. The van der Waals surface area contributed by atoms with E-state index in [4.69, 9.17) is 0 Å². The largest absolute Gasteiger partial charge is 0.390 e. The highest BCUT2D eigenvalue weighted by Crippen LogP contribution is 2.27. The normalized spacial score (nSPS) is 14.4. The van der Waals surface area contributed by atoms with Crippen molar-refractivity contribution in [1.82, 2.24) is 9.78 Å². The molecule has 0 spiro atoms. The van der Waals surface area contributed by atoms with E-state index in [-0.39, 0.29) is 5.92 Å². The highest BCUT2D eigenvalue weighted by atomic mass is 16.3. The van der Waals surface area contributed by atoms with Gasteiger partial charge < -0.3 is 10.2 Å². The van der Waals surface area contributed by atoms with Crippen molar-refractivity contribution >= 4 is 0 Å². The summed E-state index contributed by atoms with van der Waals surface area (Å²) in [6.45, 7) is 4.05. The lowest BCUT2D eigenvalue weighted by molar-refractivity contribution is -0.0241. The van der Waals surface area contributed by atoms with Gasteiger partial charge in [0.1, 0.15) is 6.10 Å². The number of benzene rings is 1. The zero-order chi connectivity index (χ0) is 14.5. The van der Waals surface area contributed by atoms with E-state index in [1.807, 2.05) is 44.2 Å². The molecule has 1 aromatic heterocycles. The van der Waals surface area contributed by atoms with Crippen LogP contribution >= 0.6 is 0 Å². The molecule has 2 rings (SSSR count). The average molecular weight is 274 g/mol. The van der Waals surface area contributed by atoms with Gasteiger partial charge in [0, 0.05) is 6.20 Å². The van der Waals surface area contributed by atoms with Crippen molar-refractivity contribution < 1.29 is 10.2 Å². The lowest BCUT2D eigenvalue weighted by atomic mass is 9.91. The van der Waals surface area contributed by atoms with Crippen LogP contribution in [0.2, 0.25) is 0 Å². The number of hydrogen-bond acceptors (Lipinski definition) is 3. The minimum absolute atomic E-state index is 0.0872. The fraction of sp³-hybridized carbons (Fsp3) is 0.438. The Morgan fingerprint density at radius 1 is 1.05 bits per heavy atom. The maximum Gasteiger partial charge on any atom is 0.122 e. The van der Waals surface area contributed by atoms with E-state index >= 15 is 0 Å². The second-order valence-electron chi connectivity index (χ2n) is 5.02. The Balaban J connectivity index is 2.28. The molecule has 1 aromatic carbocycles. The molecule has 0 saturated heterocycles. The number of rotatable bonds is 6. The van der Waals surface area contributed by atoms with E-state index < -0.39 is 12.2 Å². The molecule has 4 heteroatoms. The monoisotopic (exact) mass is 274 g/mol. The van der Waals surface area contributed by atoms with Crippen LogP contribution in [0.25, 0.3) is 5.69 Å². The minimum atomic E-state index is -0.928. The second-order valence-corrected chi connectivity index (χ2v) is 5.02. The third-order valence-corrected chi connectivity index (χ3v) is 3.83. The van der Waals surface area contributed by atoms with E-state index in [9.17, 15) is 10.2 Å². The van der Waals surface area contributed by atoms with Gasteiger partial charge in [-0.15, -0.1) is 0 Å². The van der Waals surface area contributed by atoms with E-state index in [0.29, 0.717) is 5.69 Å². The van der Waals surface area contributed by atoms with Crippen LogP contribution in [0.1, 0.15) is 38.5 Å². The first-order valence-electron chi connectivity index (χ1n) is 7.14. The Bertz CT molecular complexity index is 520. The zero-order valence-electron chi connectivity index (χ0n) is 12.0. The van der Waals surface area contributed by atoms with Gasteiger partial charge in [0.2, 0.25) is 0 Å². The van der Waals surface area contributed by atoms with E-state index in [1.165, 1.54) is 0 Å². The molecule has 1 heterocycles. The molecule has 2 atom stereocenters. The maximum atomic E-state index is 10.4. The molecule has 0 aliphatic rings. The van der Waals surface area contributed by atoms with Gasteiger partial charge in [-0.25, -0.2) is 4.68 Å². The van der Waals surface area contributed by atoms with Gasteiger partial charge in [-0.3, -0.25) is 0 Å². The fourth-order valence-corrected chi connectivity index (χ4v) is 2.53. The first-order valence-corrected chi connectivity index (χ1v) is 7.14. The van der Waals surface area contributed by atoms with Crippen LogP contribution in [0.4, 0.5) is 0 Å². The standard InChI is InChI=1S/C16H22N2O2/c1-3-12(4-2)15(19)16(20)14-10-11-17-18(14)13-8-6-5-7-9-13/h5-12,15-16,19-20H,3-4H2,1-2H3. The fourth-order valence-electron chi connectivity index (χ4n) is 2.53. The lowest BCUT2D eigenvalue weighted by Crippen LogP contribution is -2.28. The van der Waals surface area contributed by atoms with Crippen LogP contribution in [0.15, 0.2) is 42.6 Å². The Hall–Kier alpha value is -1.65. The van der Waals surface area contributed by atoms with E-state index in [1.54, 1.807) is 16.9 Å². The number of nitrogens with zero attached hydrogens (tertiary/aromatic N) is 2. The lowest BCUT2D eigenvalue weighted by Gasteiger charge is -2.25. The third kappa shape index (κ3) is 2.92. The van der Waals surface area contributed by atoms with Crippen molar-refractivity contribution in [3.63, 3.8) is 0 Å². The molecular formula is C16H22N2O2. The Kier molecular flexibility index (Phi) is 4.93. The van der Waals surface area contributed by atoms with Crippen LogP contribution in [0.5, 0.6) is 0 Å². The van der Waals surface area contributed by atoms with Gasteiger partial charge in [0.15, 0.2) is 0 Å². The number of aliphatic hydroxyl groups excluding tert-OH is 2. The molecule has 0 aliphatic heterocycles. The molecule has 0 aliphatic carbocycles. The Labute approximate surface area is 119 Å². The van der Waals surface area contributed by atoms with Gasteiger partial charge in [-0.1, -0.05) is 44.9 Å². The number of para-hydroxylation sites is 1. The molecule has 0 bridgehead atoms. The van der Waals surface area contributed by atoms with Crippen molar-refractivity contribution in [3.8, 4) is 5.69 Å². The van der Waals surface area contributed by atoms with Crippen LogP contribution < -0.4 is 0 Å². The van der Waals surface area contributed by atoms with Gasteiger partial charge >= 0.3 is 0 Å². The summed E-state index contributed by atoms with van der Waals surface area (Å²) >= 11 is 0. The molecule has 0 saturated carbocycles. The zero-order valence-corrected chi connectivity index (χ0v) is 12.0. The molecule has 20 heavy (non-hydrogen) atoms. The highest BCUT2D eigenvalue weighted by Gasteiger charge is 2.27. The molecule has 2 unspecified atom stereocenters. The first-order chi connectivity index (χ1) is 9.69. The highest BCUT2D eigenvalue weighted by molar-refractivity contribution is 5.33. The summed E-state index contributed by atoms with van der Waals surface area (Å²) in [6, 6.07) is 11.4. The van der Waals surface area contributed by atoms with Gasteiger partial charge in [-0.05, 0) is 24.1 Å². The summed E-state index contributed by atoms with van der Waals surface area (Å²) in [5.41, 5.74) is 1.50. The minimum Gasteiger partial charge on any atom is -0.390 e. The molecule has 4 nitrogen and oxygen atoms in total. The summed E-state index contributed by atoms with van der Waals surface area (Å²) < 4.78 is 1.68. The number of hydrogen-bond donors (Lipinski definition) is 2. The smallest absolute Gasteiger partial charge is 0.122 e. The SMILES string of the molecule is CCC(CC)C(O)C(O)c1ccnn1-c1ccccc1. The summed E-state index contributed by atoms with van der Waals surface area (Å²) in [6.07, 6.45) is 1.62. The van der Waals surface area contributed by atoms with Crippen LogP contribution in [0, 0.1) is 5.92 Å². The van der Waals surface area contributed by atoms with Gasteiger partial charge in [0.25, 0.3) is 0 Å². The summed E-state index contributed by atoms with van der Waals surface area (Å²) in [7, 11) is 0. The van der Waals surface area contributed by atoms with Crippen molar-refractivity contribution in [2.24, 2.45) is 5.92 Å². The summed E-state index contributed by atoms with van der Waals surface area (Å²) in [5, 5.41) is 25.0. The Morgan fingerprint density at radius 2 is 1.70 bits per heavy atom. The third-order valence-electron chi connectivity index (χ3n) is 3.83.